The molecular formula is C17H20N4O3. The van der Waals surface area contributed by atoms with Gasteiger partial charge in [-0.25, -0.2) is 4.79 Å². The van der Waals surface area contributed by atoms with Crippen molar-refractivity contribution in [1.82, 2.24) is 20.8 Å². The van der Waals surface area contributed by atoms with Crippen LogP contribution in [0.5, 0.6) is 0 Å². The molecule has 0 spiro atoms. The summed E-state index contributed by atoms with van der Waals surface area (Å²) >= 11 is 0. The van der Waals surface area contributed by atoms with E-state index in [0.717, 1.165) is 29.8 Å². The van der Waals surface area contributed by atoms with E-state index in [-0.39, 0.29) is 11.9 Å². The minimum Gasteiger partial charge on any atom is -0.465 e. The zero-order chi connectivity index (χ0) is 16.9. The molecule has 0 unspecified atom stereocenters. The predicted molar refractivity (Wildman–Crippen MR) is 87.8 cm³/mol. The summed E-state index contributed by atoms with van der Waals surface area (Å²) < 4.78 is 4.66. The molecule has 0 atom stereocenters. The number of methoxy groups -OCH3 is 1. The maximum absolute atomic E-state index is 12.3. The van der Waals surface area contributed by atoms with Crippen molar-refractivity contribution in [2.45, 2.75) is 19.4 Å². The van der Waals surface area contributed by atoms with Gasteiger partial charge in [0, 0.05) is 37.3 Å². The van der Waals surface area contributed by atoms with Crippen molar-refractivity contribution in [2.24, 2.45) is 0 Å². The second kappa shape index (κ2) is 7.27. The number of aromatic nitrogens is 2. The van der Waals surface area contributed by atoms with Gasteiger partial charge >= 0.3 is 5.97 Å². The number of fused-ring (bicyclic) bond motifs is 1. The minimum atomic E-state index is -0.355. The van der Waals surface area contributed by atoms with Crippen LogP contribution in [0.25, 0.3) is 0 Å². The van der Waals surface area contributed by atoms with Crippen molar-refractivity contribution in [3.8, 4) is 0 Å². The van der Waals surface area contributed by atoms with Gasteiger partial charge in [0.2, 0.25) is 0 Å². The molecule has 1 aliphatic heterocycles. The fourth-order valence-electron chi connectivity index (χ4n) is 2.74. The van der Waals surface area contributed by atoms with Crippen LogP contribution in [0, 0.1) is 0 Å². The minimum absolute atomic E-state index is 0.164. The zero-order valence-corrected chi connectivity index (χ0v) is 13.5. The number of aromatic amines is 1. The average Bonchev–Trinajstić information content (AvgIpc) is 3.06. The van der Waals surface area contributed by atoms with Crippen molar-refractivity contribution in [3.05, 3.63) is 52.3 Å². The second-order valence-electron chi connectivity index (χ2n) is 5.65. The van der Waals surface area contributed by atoms with Gasteiger partial charge < -0.3 is 15.4 Å². The lowest BCUT2D eigenvalue weighted by atomic mass is 10.1. The molecule has 0 radical (unpaired) electrons. The number of carbonyl (C=O) groups excluding carboxylic acids is 2. The number of esters is 1. The highest BCUT2D eigenvalue weighted by atomic mass is 16.5. The molecule has 3 N–H and O–H groups in total. The first-order valence-corrected chi connectivity index (χ1v) is 7.91. The molecule has 1 aromatic carbocycles. The molecule has 0 fully saturated rings. The average molecular weight is 328 g/mol. The third kappa shape index (κ3) is 3.46. The Balaban J connectivity index is 1.54. The van der Waals surface area contributed by atoms with Gasteiger partial charge in [0.1, 0.15) is 0 Å². The molecule has 1 aliphatic rings. The van der Waals surface area contributed by atoms with E-state index in [0.29, 0.717) is 30.8 Å². The number of ether oxygens (including phenoxy) is 1. The molecule has 0 aliphatic carbocycles. The maximum atomic E-state index is 12.3. The molecular weight excluding hydrogens is 308 g/mol. The van der Waals surface area contributed by atoms with Crippen molar-refractivity contribution in [3.63, 3.8) is 0 Å². The molecule has 7 nitrogen and oxygen atoms in total. The van der Waals surface area contributed by atoms with Crippen LogP contribution < -0.4 is 10.6 Å². The van der Waals surface area contributed by atoms with Crippen LogP contribution in [0.1, 0.15) is 37.7 Å². The van der Waals surface area contributed by atoms with Crippen LogP contribution in [0.4, 0.5) is 0 Å². The first kappa shape index (κ1) is 16.2. The third-order valence-corrected chi connectivity index (χ3v) is 4.10. The van der Waals surface area contributed by atoms with E-state index in [1.807, 2.05) is 12.1 Å². The molecule has 2 heterocycles. The Morgan fingerprint density at radius 3 is 2.83 bits per heavy atom. The Hall–Kier alpha value is -2.67. The summed E-state index contributed by atoms with van der Waals surface area (Å²) in [5.41, 5.74) is 4.02. The predicted octanol–water partition coefficient (Wildman–Crippen LogP) is 0.814. The highest BCUT2D eigenvalue weighted by Gasteiger charge is 2.21. The topological polar surface area (TPSA) is 96.1 Å². The van der Waals surface area contributed by atoms with Gasteiger partial charge in [-0.1, -0.05) is 12.1 Å². The molecule has 24 heavy (non-hydrogen) atoms. The lowest BCUT2D eigenvalue weighted by Crippen LogP contribution is -2.29. The van der Waals surface area contributed by atoms with Crippen molar-refractivity contribution >= 4 is 11.9 Å². The van der Waals surface area contributed by atoms with E-state index in [1.54, 1.807) is 12.1 Å². The number of nitrogens with one attached hydrogen (secondary N) is 3. The molecule has 2 aromatic rings. The third-order valence-electron chi connectivity index (χ3n) is 4.10. The number of amides is 1. The van der Waals surface area contributed by atoms with E-state index >= 15 is 0 Å². The Kier molecular flexibility index (Phi) is 4.90. The molecule has 126 valence electrons. The summed E-state index contributed by atoms with van der Waals surface area (Å²) in [6.45, 7) is 2.08. The molecule has 1 amide bonds. The van der Waals surface area contributed by atoms with E-state index in [2.05, 4.69) is 25.6 Å². The normalized spacial score (nSPS) is 13.2. The first-order valence-electron chi connectivity index (χ1n) is 7.91. The van der Waals surface area contributed by atoms with Gasteiger partial charge in [-0.05, 0) is 24.1 Å². The Morgan fingerprint density at radius 1 is 1.29 bits per heavy atom. The van der Waals surface area contributed by atoms with Gasteiger partial charge in [0.15, 0.2) is 5.69 Å². The van der Waals surface area contributed by atoms with Crippen LogP contribution in [-0.2, 0) is 24.1 Å². The van der Waals surface area contributed by atoms with Crippen molar-refractivity contribution in [2.75, 3.05) is 20.2 Å². The van der Waals surface area contributed by atoms with Gasteiger partial charge in [-0.2, -0.15) is 5.10 Å². The molecule has 3 rings (SSSR count). The fourth-order valence-corrected chi connectivity index (χ4v) is 2.74. The highest BCUT2D eigenvalue weighted by molar-refractivity contribution is 5.94. The van der Waals surface area contributed by atoms with E-state index in [1.165, 1.54) is 7.11 Å². The molecule has 0 saturated carbocycles. The Bertz CT molecular complexity index is 737. The van der Waals surface area contributed by atoms with E-state index in [4.69, 9.17) is 0 Å². The maximum Gasteiger partial charge on any atom is 0.337 e. The van der Waals surface area contributed by atoms with Gasteiger partial charge in [0.25, 0.3) is 5.91 Å². The quantitative estimate of drug-likeness (QED) is 0.706. The molecule has 1 aromatic heterocycles. The lowest BCUT2D eigenvalue weighted by Gasteiger charge is -2.12. The standard InChI is InChI=1S/C17H20N4O3/c1-24-17(23)12-4-2-11(3-5-12)6-9-19-16(22)15-13-10-18-8-7-14(13)20-21-15/h2-5,18H,6-10H2,1H3,(H,19,22)(H,20,21). The summed E-state index contributed by atoms with van der Waals surface area (Å²) in [7, 11) is 1.36. The number of hydrogen-bond donors (Lipinski definition) is 3. The smallest absolute Gasteiger partial charge is 0.337 e. The number of H-pyrrole nitrogens is 1. The van der Waals surface area contributed by atoms with Crippen LogP contribution in [-0.4, -0.2) is 42.3 Å². The SMILES string of the molecule is COC(=O)c1ccc(CCNC(=O)c2n[nH]c3c2CNCC3)cc1. The number of rotatable bonds is 5. The molecule has 0 saturated heterocycles. The summed E-state index contributed by atoms with van der Waals surface area (Å²) in [6, 6.07) is 7.16. The van der Waals surface area contributed by atoms with Crippen LogP contribution in [0.2, 0.25) is 0 Å². The second-order valence-corrected chi connectivity index (χ2v) is 5.65. The van der Waals surface area contributed by atoms with Crippen LogP contribution >= 0.6 is 0 Å². The number of hydrogen-bond acceptors (Lipinski definition) is 5. The molecule has 0 bridgehead atoms. The zero-order valence-electron chi connectivity index (χ0n) is 13.5. The fraction of sp³-hybridized carbons (Fsp3) is 0.353. The van der Waals surface area contributed by atoms with Crippen LogP contribution in [0.3, 0.4) is 0 Å². The largest absolute Gasteiger partial charge is 0.465 e. The highest BCUT2D eigenvalue weighted by Crippen LogP contribution is 2.15. The van der Waals surface area contributed by atoms with E-state index < -0.39 is 0 Å². The van der Waals surface area contributed by atoms with Crippen LogP contribution in [0.15, 0.2) is 24.3 Å². The summed E-state index contributed by atoms with van der Waals surface area (Å²) in [5, 5.41) is 13.2. The number of benzene rings is 1. The van der Waals surface area contributed by atoms with Gasteiger partial charge in [-0.3, -0.25) is 9.89 Å². The van der Waals surface area contributed by atoms with Crippen molar-refractivity contribution in [1.29, 1.82) is 0 Å². The summed E-state index contributed by atoms with van der Waals surface area (Å²) in [6.07, 6.45) is 1.54. The summed E-state index contributed by atoms with van der Waals surface area (Å²) in [5.74, 6) is -0.519. The monoisotopic (exact) mass is 328 g/mol. The number of carbonyl (C=O) groups is 2. The Morgan fingerprint density at radius 2 is 2.08 bits per heavy atom. The number of nitrogens with zero attached hydrogens (tertiary/aromatic N) is 1. The van der Waals surface area contributed by atoms with Crippen molar-refractivity contribution < 1.29 is 14.3 Å². The van der Waals surface area contributed by atoms with E-state index in [9.17, 15) is 9.59 Å². The van der Waals surface area contributed by atoms with Gasteiger partial charge in [0.05, 0.1) is 12.7 Å². The van der Waals surface area contributed by atoms with Gasteiger partial charge in [-0.15, -0.1) is 0 Å². The first-order chi connectivity index (χ1) is 11.7. The molecule has 7 heteroatoms. The lowest BCUT2D eigenvalue weighted by molar-refractivity contribution is 0.0600. The summed E-state index contributed by atoms with van der Waals surface area (Å²) in [4.78, 5) is 23.7. The Labute approximate surface area is 139 Å².